The normalized spacial score (nSPS) is 12.6. The van der Waals surface area contributed by atoms with Crippen molar-refractivity contribution in [3.8, 4) is 0 Å². The number of thiophene rings is 1. The first-order valence-electron chi connectivity index (χ1n) is 6.35. The quantitative estimate of drug-likeness (QED) is 0.802. The molecular formula is C15H17BrFNS. The molecule has 1 N–H and O–H groups in total. The van der Waals surface area contributed by atoms with E-state index in [4.69, 9.17) is 0 Å². The molecule has 0 radical (unpaired) electrons. The first-order chi connectivity index (χ1) is 9.11. The van der Waals surface area contributed by atoms with E-state index >= 15 is 0 Å². The van der Waals surface area contributed by atoms with Gasteiger partial charge >= 0.3 is 0 Å². The second-order valence-corrected chi connectivity index (χ2v) is 6.87. The van der Waals surface area contributed by atoms with E-state index in [2.05, 4.69) is 39.6 Å². The van der Waals surface area contributed by atoms with Gasteiger partial charge < -0.3 is 5.32 Å². The summed E-state index contributed by atoms with van der Waals surface area (Å²) in [6.07, 6.45) is 1.05. The lowest BCUT2D eigenvalue weighted by Gasteiger charge is -2.18. The maximum Gasteiger partial charge on any atom is 0.126 e. The van der Waals surface area contributed by atoms with Crippen LogP contribution >= 0.6 is 27.3 Å². The Morgan fingerprint density at radius 3 is 2.68 bits per heavy atom. The molecule has 1 aromatic heterocycles. The zero-order valence-electron chi connectivity index (χ0n) is 11.0. The van der Waals surface area contributed by atoms with Crippen LogP contribution in [0.5, 0.6) is 0 Å². The largest absolute Gasteiger partial charge is 0.306 e. The lowest BCUT2D eigenvalue weighted by atomic mass is 9.99. The third-order valence-electron chi connectivity index (χ3n) is 3.05. The summed E-state index contributed by atoms with van der Waals surface area (Å²) < 4.78 is 14.8. The molecule has 0 aliphatic heterocycles. The molecule has 19 heavy (non-hydrogen) atoms. The zero-order valence-corrected chi connectivity index (χ0v) is 13.4. The van der Waals surface area contributed by atoms with Crippen molar-refractivity contribution in [3.05, 3.63) is 55.9 Å². The van der Waals surface area contributed by atoms with Gasteiger partial charge in [-0.2, -0.15) is 0 Å². The van der Waals surface area contributed by atoms with Crippen molar-refractivity contribution in [2.45, 2.75) is 26.3 Å². The molecule has 0 amide bonds. The number of benzene rings is 1. The number of rotatable bonds is 5. The third kappa shape index (κ3) is 3.65. The number of hydrogen-bond acceptors (Lipinski definition) is 2. The molecule has 2 rings (SSSR count). The lowest BCUT2D eigenvalue weighted by molar-refractivity contribution is 0.583. The topological polar surface area (TPSA) is 12.0 Å². The van der Waals surface area contributed by atoms with E-state index in [1.165, 1.54) is 5.56 Å². The van der Waals surface area contributed by atoms with Crippen molar-refractivity contribution < 1.29 is 4.39 Å². The van der Waals surface area contributed by atoms with E-state index in [-0.39, 0.29) is 11.9 Å². The summed E-state index contributed by atoms with van der Waals surface area (Å²) in [6, 6.07) is 7.62. The first-order valence-corrected chi connectivity index (χ1v) is 8.02. The lowest BCUT2D eigenvalue weighted by Crippen LogP contribution is -2.22. The summed E-state index contributed by atoms with van der Waals surface area (Å²) in [4.78, 5) is 0. The van der Waals surface area contributed by atoms with Crippen molar-refractivity contribution in [1.29, 1.82) is 0 Å². The van der Waals surface area contributed by atoms with E-state index in [0.717, 1.165) is 22.3 Å². The molecule has 0 aliphatic carbocycles. The van der Waals surface area contributed by atoms with Gasteiger partial charge in [0.15, 0.2) is 0 Å². The van der Waals surface area contributed by atoms with Gasteiger partial charge in [-0.3, -0.25) is 0 Å². The van der Waals surface area contributed by atoms with E-state index in [0.29, 0.717) is 5.56 Å². The van der Waals surface area contributed by atoms with E-state index in [1.807, 2.05) is 12.1 Å². The Morgan fingerprint density at radius 1 is 1.32 bits per heavy atom. The molecule has 0 saturated heterocycles. The average molecular weight is 342 g/mol. The Kier molecular flexibility index (Phi) is 5.13. The minimum Gasteiger partial charge on any atom is -0.306 e. The summed E-state index contributed by atoms with van der Waals surface area (Å²) in [7, 11) is 0. The number of hydrogen-bond donors (Lipinski definition) is 1. The molecule has 0 bridgehead atoms. The van der Waals surface area contributed by atoms with Crippen molar-refractivity contribution >= 4 is 27.3 Å². The summed E-state index contributed by atoms with van der Waals surface area (Å²) in [5.41, 5.74) is 2.83. The zero-order chi connectivity index (χ0) is 13.8. The van der Waals surface area contributed by atoms with Gasteiger partial charge in [0.05, 0.1) is 9.83 Å². The molecule has 1 atom stereocenters. The monoisotopic (exact) mass is 341 g/mol. The van der Waals surface area contributed by atoms with E-state index < -0.39 is 0 Å². The molecule has 1 aromatic carbocycles. The molecule has 1 unspecified atom stereocenters. The molecular weight excluding hydrogens is 325 g/mol. The van der Waals surface area contributed by atoms with Crippen LogP contribution in [0.2, 0.25) is 0 Å². The van der Waals surface area contributed by atoms with Gasteiger partial charge in [-0.1, -0.05) is 19.1 Å². The Bertz CT molecular complexity index is 553. The van der Waals surface area contributed by atoms with E-state index in [1.54, 1.807) is 24.3 Å². The van der Waals surface area contributed by atoms with Crippen molar-refractivity contribution in [2.75, 3.05) is 6.54 Å². The fourth-order valence-electron chi connectivity index (χ4n) is 1.98. The number of nitrogens with one attached hydrogen (secondary N) is 1. The van der Waals surface area contributed by atoms with Gasteiger partial charge in [0, 0.05) is 0 Å². The molecule has 1 heterocycles. The third-order valence-corrected chi connectivity index (χ3v) is 4.57. The summed E-state index contributed by atoms with van der Waals surface area (Å²) in [5, 5.41) is 5.59. The summed E-state index contributed by atoms with van der Waals surface area (Å²) in [6.45, 7) is 4.83. The second kappa shape index (κ2) is 6.64. The van der Waals surface area contributed by atoms with Crippen LogP contribution in [0.15, 0.2) is 33.4 Å². The van der Waals surface area contributed by atoms with Crippen molar-refractivity contribution in [3.63, 3.8) is 0 Å². The molecule has 4 heteroatoms. The van der Waals surface area contributed by atoms with Crippen molar-refractivity contribution in [1.82, 2.24) is 5.32 Å². The predicted molar refractivity (Wildman–Crippen MR) is 83.3 cm³/mol. The van der Waals surface area contributed by atoms with Gasteiger partial charge in [0.25, 0.3) is 0 Å². The highest BCUT2D eigenvalue weighted by Gasteiger charge is 2.16. The predicted octanol–water partition coefficient (Wildman–Crippen LogP) is 5.05. The molecule has 0 fully saturated rings. The fraction of sp³-hybridized carbons (Fsp3) is 0.333. The van der Waals surface area contributed by atoms with E-state index in [9.17, 15) is 4.39 Å². The molecule has 0 spiro atoms. The first kappa shape index (κ1) is 14.7. The molecule has 0 saturated carbocycles. The molecule has 2 aromatic rings. The highest BCUT2D eigenvalue weighted by Crippen LogP contribution is 2.30. The van der Waals surface area contributed by atoms with Crippen LogP contribution < -0.4 is 5.32 Å². The second-order valence-electron chi connectivity index (χ2n) is 4.58. The standard InChI is InChI=1S/C15H17BrFNS/c1-3-6-18-15(12-8-14(16)19-9-12)11-5-4-10(2)13(17)7-11/h4-5,7-9,15,18H,3,6H2,1-2H3. The van der Waals surface area contributed by atoms with Gasteiger partial charge in [0.1, 0.15) is 5.82 Å². The average Bonchev–Trinajstić information content (AvgIpc) is 2.80. The maximum atomic E-state index is 13.7. The van der Waals surface area contributed by atoms with Crippen LogP contribution in [0.4, 0.5) is 4.39 Å². The highest BCUT2D eigenvalue weighted by molar-refractivity contribution is 9.11. The van der Waals surface area contributed by atoms with Crippen LogP contribution in [-0.4, -0.2) is 6.54 Å². The number of halogens is 2. The maximum absolute atomic E-state index is 13.7. The molecule has 102 valence electrons. The molecule has 0 aliphatic rings. The summed E-state index contributed by atoms with van der Waals surface area (Å²) >= 11 is 5.14. The van der Waals surface area contributed by atoms with Crippen LogP contribution in [0.25, 0.3) is 0 Å². The smallest absolute Gasteiger partial charge is 0.126 e. The van der Waals surface area contributed by atoms with Gasteiger partial charge in [-0.25, -0.2) is 4.39 Å². The summed E-state index contributed by atoms with van der Waals surface area (Å²) in [5.74, 6) is -0.143. The van der Waals surface area contributed by atoms with Crippen molar-refractivity contribution in [2.24, 2.45) is 0 Å². The Balaban J connectivity index is 2.33. The van der Waals surface area contributed by atoms with Gasteiger partial charge in [-0.15, -0.1) is 11.3 Å². The van der Waals surface area contributed by atoms with Crippen LogP contribution in [0, 0.1) is 12.7 Å². The Labute approximate surface area is 126 Å². The number of aryl methyl sites for hydroxylation is 1. The Morgan fingerprint density at radius 2 is 2.11 bits per heavy atom. The SMILES string of the molecule is CCCNC(c1csc(Br)c1)c1ccc(C)c(F)c1. The van der Waals surface area contributed by atoms with Crippen LogP contribution in [0.3, 0.4) is 0 Å². The fourth-order valence-corrected chi connectivity index (χ4v) is 3.18. The minimum atomic E-state index is -0.143. The minimum absolute atomic E-state index is 0.0533. The molecule has 1 nitrogen and oxygen atoms in total. The van der Waals surface area contributed by atoms with Gasteiger partial charge in [-0.05, 0) is 70.0 Å². The Hall–Kier alpha value is -0.710. The van der Waals surface area contributed by atoms with Crippen LogP contribution in [0.1, 0.15) is 36.1 Å². The van der Waals surface area contributed by atoms with Gasteiger partial charge in [0.2, 0.25) is 0 Å². The van der Waals surface area contributed by atoms with Crippen LogP contribution in [-0.2, 0) is 0 Å². The highest BCUT2D eigenvalue weighted by atomic mass is 79.9.